The summed E-state index contributed by atoms with van der Waals surface area (Å²) in [6.07, 6.45) is -0.454. The van der Waals surface area contributed by atoms with Gasteiger partial charge < -0.3 is 15.2 Å². The van der Waals surface area contributed by atoms with Crippen molar-refractivity contribution in [1.82, 2.24) is 0 Å². The Labute approximate surface area is 158 Å². The summed E-state index contributed by atoms with van der Waals surface area (Å²) in [5.41, 5.74) is 6.46. The molecule has 142 valence electrons. The molecule has 0 aliphatic heterocycles. The number of ether oxygens (including phenoxy) is 2. The van der Waals surface area contributed by atoms with E-state index in [1.165, 1.54) is 18.2 Å². The molecule has 0 spiro atoms. The third-order valence-electron chi connectivity index (χ3n) is 3.53. The van der Waals surface area contributed by atoms with Crippen LogP contribution in [0.4, 0.5) is 5.69 Å². The molecule has 0 aliphatic rings. The lowest BCUT2D eigenvalue weighted by Crippen LogP contribution is -2.25. The molecule has 2 rings (SSSR count). The standard InChI is InChI=1S/C21H23NO5/c1-21(2,3)27-19(24)12-18(23)16-11-15(9-10-17(16)22)20(25)26-13-14-7-5-4-6-8-14/h4-11H,12-13,22H2,1-3H3. The lowest BCUT2D eigenvalue weighted by Gasteiger charge is -2.19. The van der Waals surface area contributed by atoms with Crippen LogP contribution in [0, 0.1) is 0 Å². The molecule has 0 bridgehead atoms. The number of rotatable bonds is 6. The molecule has 0 unspecified atom stereocenters. The van der Waals surface area contributed by atoms with Crippen LogP contribution in [0.1, 0.15) is 53.5 Å². The van der Waals surface area contributed by atoms with E-state index in [0.29, 0.717) is 0 Å². The highest BCUT2D eigenvalue weighted by Gasteiger charge is 2.22. The van der Waals surface area contributed by atoms with Crippen molar-refractivity contribution in [3.8, 4) is 0 Å². The maximum absolute atomic E-state index is 12.4. The summed E-state index contributed by atoms with van der Waals surface area (Å²) >= 11 is 0. The van der Waals surface area contributed by atoms with Gasteiger partial charge in [0.2, 0.25) is 0 Å². The smallest absolute Gasteiger partial charge is 0.338 e. The molecule has 6 heteroatoms. The molecule has 0 heterocycles. The largest absolute Gasteiger partial charge is 0.460 e. The van der Waals surface area contributed by atoms with E-state index in [1.807, 2.05) is 30.3 Å². The first-order valence-electron chi connectivity index (χ1n) is 8.51. The monoisotopic (exact) mass is 369 g/mol. The zero-order chi connectivity index (χ0) is 20.0. The molecule has 2 N–H and O–H groups in total. The van der Waals surface area contributed by atoms with Crippen LogP contribution in [0.2, 0.25) is 0 Å². The predicted octanol–water partition coefficient (Wildman–Crippen LogP) is 3.54. The minimum atomic E-state index is -0.688. The van der Waals surface area contributed by atoms with Crippen LogP contribution in [0.5, 0.6) is 0 Å². The van der Waals surface area contributed by atoms with Gasteiger partial charge in [0.05, 0.1) is 5.56 Å². The highest BCUT2D eigenvalue weighted by atomic mass is 16.6. The van der Waals surface area contributed by atoms with Crippen LogP contribution in [-0.4, -0.2) is 23.3 Å². The fourth-order valence-electron chi connectivity index (χ4n) is 2.34. The number of esters is 2. The van der Waals surface area contributed by atoms with Crippen LogP contribution in [-0.2, 0) is 20.9 Å². The van der Waals surface area contributed by atoms with Crippen LogP contribution in [0.25, 0.3) is 0 Å². The van der Waals surface area contributed by atoms with Crippen molar-refractivity contribution in [2.45, 2.75) is 39.4 Å². The Bertz CT molecular complexity index is 837. The van der Waals surface area contributed by atoms with Crippen LogP contribution in [0.3, 0.4) is 0 Å². The molecule has 0 amide bonds. The van der Waals surface area contributed by atoms with Crippen molar-refractivity contribution >= 4 is 23.4 Å². The maximum atomic E-state index is 12.4. The van der Waals surface area contributed by atoms with Gasteiger partial charge in [-0.1, -0.05) is 30.3 Å². The molecule has 0 aliphatic carbocycles. The Kier molecular flexibility index (Phi) is 6.34. The number of nitrogen functional groups attached to an aromatic ring is 1. The van der Waals surface area contributed by atoms with Crippen molar-refractivity contribution in [3.63, 3.8) is 0 Å². The minimum absolute atomic E-state index is 0.0926. The summed E-state index contributed by atoms with van der Waals surface area (Å²) < 4.78 is 10.4. The van der Waals surface area contributed by atoms with E-state index < -0.39 is 29.7 Å². The number of Topliss-reactive ketones (excluding diaryl/α,β-unsaturated/α-hetero) is 1. The average Bonchev–Trinajstić information content (AvgIpc) is 2.59. The summed E-state index contributed by atoms with van der Waals surface area (Å²) in [7, 11) is 0. The quantitative estimate of drug-likeness (QED) is 0.362. The van der Waals surface area contributed by atoms with Crippen molar-refractivity contribution in [2.24, 2.45) is 0 Å². The van der Waals surface area contributed by atoms with Gasteiger partial charge in [0, 0.05) is 11.3 Å². The Morgan fingerprint density at radius 2 is 1.67 bits per heavy atom. The van der Waals surface area contributed by atoms with Crippen LogP contribution in [0.15, 0.2) is 48.5 Å². The van der Waals surface area contributed by atoms with E-state index in [4.69, 9.17) is 15.2 Å². The second-order valence-electron chi connectivity index (χ2n) is 7.05. The first kappa shape index (κ1) is 20.2. The molecule has 2 aromatic rings. The first-order chi connectivity index (χ1) is 12.7. The molecule has 0 aromatic heterocycles. The van der Waals surface area contributed by atoms with Gasteiger partial charge >= 0.3 is 11.9 Å². The summed E-state index contributed by atoms with van der Waals surface area (Å²) in [5.74, 6) is -1.74. The fraction of sp³-hybridized carbons (Fsp3) is 0.286. The van der Waals surface area contributed by atoms with E-state index in [0.717, 1.165) is 5.56 Å². The van der Waals surface area contributed by atoms with Gasteiger partial charge in [-0.15, -0.1) is 0 Å². The second kappa shape index (κ2) is 8.49. The molecule has 0 radical (unpaired) electrons. The first-order valence-corrected chi connectivity index (χ1v) is 8.51. The number of carbonyl (C=O) groups excluding carboxylic acids is 3. The van der Waals surface area contributed by atoms with Gasteiger partial charge in [0.25, 0.3) is 0 Å². The summed E-state index contributed by atoms with van der Waals surface area (Å²) in [6.45, 7) is 5.26. The van der Waals surface area contributed by atoms with Gasteiger partial charge in [-0.3, -0.25) is 9.59 Å². The summed E-state index contributed by atoms with van der Waals surface area (Å²) in [5, 5.41) is 0. The summed E-state index contributed by atoms with van der Waals surface area (Å²) in [6, 6.07) is 13.5. The van der Waals surface area contributed by atoms with Gasteiger partial charge in [-0.05, 0) is 44.5 Å². The Hall–Kier alpha value is -3.15. The maximum Gasteiger partial charge on any atom is 0.338 e. The number of nitrogens with two attached hydrogens (primary N) is 1. The second-order valence-corrected chi connectivity index (χ2v) is 7.05. The Morgan fingerprint density at radius 3 is 2.30 bits per heavy atom. The van der Waals surface area contributed by atoms with Gasteiger partial charge in [0.15, 0.2) is 5.78 Å². The highest BCUT2D eigenvalue weighted by Crippen LogP contribution is 2.19. The normalized spacial score (nSPS) is 10.9. The zero-order valence-corrected chi connectivity index (χ0v) is 15.7. The summed E-state index contributed by atoms with van der Waals surface area (Å²) in [4.78, 5) is 36.5. The number of ketones is 1. The fourth-order valence-corrected chi connectivity index (χ4v) is 2.34. The van der Waals surface area contributed by atoms with E-state index in [2.05, 4.69) is 0 Å². The van der Waals surface area contributed by atoms with Gasteiger partial charge in [0.1, 0.15) is 18.6 Å². The molecule has 0 atom stereocenters. The van der Waals surface area contributed by atoms with Crippen LogP contribution < -0.4 is 5.73 Å². The van der Waals surface area contributed by atoms with Crippen molar-refractivity contribution in [3.05, 3.63) is 65.2 Å². The molecule has 6 nitrogen and oxygen atoms in total. The molecular weight excluding hydrogens is 346 g/mol. The molecular formula is C21H23NO5. The van der Waals surface area contributed by atoms with E-state index >= 15 is 0 Å². The van der Waals surface area contributed by atoms with Gasteiger partial charge in [-0.25, -0.2) is 4.79 Å². The van der Waals surface area contributed by atoms with Crippen molar-refractivity contribution in [2.75, 3.05) is 5.73 Å². The lowest BCUT2D eigenvalue weighted by molar-refractivity contribution is -0.153. The SMILES string of the molecule is CC(C)(C)OC(=O)CC(=O)c1cc(C(=O)OCc2ccccc2)ccc1N. The van der Waals surface area contributed by atoms with Crippen LogP contribution >= 0.6 is 0 Å². The third kappa shape index (κ3) is 6.26. The molecule has 0 saturated carbocycles. The molecule has 2 aromatic carbocycles. The Balaban J connectivity index is 2.07. The molecule has 27 heavy (non-hydrogen) atoms. The number of hydrogen-bond donors (Lipinski definition) is 1. The predicted molar refractivity (Wildman–Crippen MR) is 101 cm³/mol. The minimum Gasteiger partial charge on any atom is -0.460 e. The third-order valence-corrected chi connectivity index (χ3v) is 3.53. The number of benzene rings is 2. The number of hydrogen-bond acceptors (Lipinski definition) is 6. The lowest BCUT2D eigenvalue weighted by atomic mass is 10.0. The van der Waals surface area contributed by atoms with Crippen molar-refractivity contribution in [1.29, 1.82) is 0 Å². The van der Waals surface area contributed by atoms with E-state index in [-0.39, 0.29) is 23.4 Å². The van der Waals surface area contributed by atoms with E-state index in [1.54, 1.807) is 20.8 Å². The molecule has 0 fully saturated rings. The molecule has 0 saturated heterocycles. The van der Waals surface area contributed by atoms with E-state index in [9.17, 15) is 14.4 Å². The zero-order valence-electron chi connectivity index (χ0n) is 15.7. The van der Waals surface area contributed by atoms with Gasteiger partial charge in [-0.2, -0.15) is 0 Å². The number of carbonyl (C=O) groups is 3. The Morgan fingerprint density at radius 1 is 1.00 bits per heavy atom. The topological polar surface area (TPSA) is 95.7 Å². The number of anilines is 1. The van der Waals surface area contributed by atoms with Crippen molar-refractivity contribution < 1.29 is 23.9 Å². The highest BCUT2D eigenvalue weighted by molar-refractivity contribution is 6.10. The average molecular weight is 369 g/mol.